The first kappa shape index (κ1) is 57.7. The molecule has 0 saturated carbocycles. The molecule has 6 aliphatic rings. The number of carbonyl (C=O) groups excluding carboxylic acids is 1. The molecule has 0 aliphatic carbocycles. The van der Waals surface area contributed by atoms with E-state index in [-0.39, 0.29) is 19.0 Å². The fourth-order valence-electron chi connectivity index (χ4n) is 9.07. The Morgan fingerprint density at radius 2 is 0.657 bits per heavy atom. The molecule has 30 atom stereocenters. The summed E-state index contributed by atoms with van der Waals surface area (Å²) in [5.41, 5.74) is 0. The number of rotatable bonds is 17. The number of aliphatic hydroxyl groups excluding tert-OH is 13. The van der Waals surface area contributed by atoms with Crippen molar-refractivity contribution in [1.29, 1.82) is 0 Å². The molecule has 27 heteroatoms. The number of unbranched alkanes of at least 4 members (excludes halogenated alkanes) is 2. The number of hydrogen-bond donors (Lipinski definition) is 13. The minimum absolute atomic E-state index is 0.0655. The van der Waals surface area contributed by atoms with E-state index in [4.69, 9.17) is 56.8 Å². The van der Waals surface area contributed by atoms with Crippen LogP contribution in [0.5, 0.6) is 0 Å². The number of methoxy groups -OCH3 is 1. The number of ether oxygens (including phenoxy) is 13. The lowest BCUT2D eigenvalue weighted by Gasteiger charge is -2.50. The van der Waals surface area contributed by atoms with Gasteiger partial charge in [-0.15, -0.1) is 0 Å². The maximum Gasteiger partial charge on any atom is 0.305 e. The van der Waals surface area contributed by atoms with Crippen LogP contribution in [0.3, 0.4) is 0 Å². The molecule has 0 aromatic carbocycles. The molecule has 6 fully saturated rings. The van der Waals surface area contributed by atoms with E-state index in [1.807, 2.05) is 0 Å². The molecule has 408 valence electrons. The van der Waals surface area contributed by atoms with Crippen molar-refractivity contribution >= 4 is 5.97 Å². The maximum atomic E-state index is 11.8. The second kappa shape index (κ2) is 24.9. The van der Waals surface area contributed by atoms with Crippen LogP contribution in [0.2, 0.25) is 0 Å². The van der Waals surface area contributed by atoms with Crippen LogP contribution in [-0.2, 0) is 66.4 Å². The Balaban J connectivity index is 1.20. The highest BCUT2D eigenvalue weighted by molar-refractivity contribution is 5.68. The van der Waals surface area contributed by atoms with E-state index in [1.54, 1.807) is 0 Å². The van der Waals surface area contributed by atoms with Gasteiger partial charge in [-0.05, 0) is 54.4 Å². The minimum Gasteiger partial charge on any atom is -0.469 e. The van der Waals surface area contributed by atoms with Gasteiger partial charge < -0.3 is 128 Å². The monoisotopic (exact) mass is 1020 g/mol. The van der Waals surface area contributed by atoms with E-state index < -0.39 is 184 Å². The van der Waals surface area contributed by atoms with Gasteiger partial charge in [0.2, 0.25) is 0 Å². The lowest BCUT2D eigenvalue weighted by Crippen LogP contribution is -2.67. The van der Waals surface area contributed by atoms with Gasteiger partial charge in [-0.25, -0.2) is 0 Å². The van der Waals surface area contributed by atoms with Crippen molar-refractivity contribution in [1.82, 2.24) is 0 Å². The van der Waals surface area contributed by atoms with Gasteiger partial charge >= 0.3 is 5.97 Å². The van der Waals surface area contributed by atoms with E-state index in [1.165, 1.54) is 48.7 Å². The fraction of sp³-hybridized carbons (Fsp3) is 0.977. The minimum atomic E-state index is -2.03. The van der Waals surface area contributed by atoms with Crippen molar-refractivity contribution < 1.29 is 133 Å². The first-order valence-corrected chi connectivity index (χ1v) is 23.7. The molecule has 0 spiro atoms. The zero-order valence-corrected chi connectivity index (χ0v) is 39.9. The Morgan fingerprint density at radius 3 is 1.07 bits per heavy atom. The topological polar surface area (TPSA) is 400 Å². The third-order valence-corrected chi connectivity index (χ3v) is 13.7. The smallest absolute Gasteiger partial charge is 0.305 e. The zero-order chi connectivity index (χ0) is 51.6. The summed E-state index contributed by atoms with van der Waals surface area (Å²) in [5, 5.41) is 143. The highest BCUT2D eigenvalue weighted by Gasteiger charge is 2.57. The standard InChI is InChI=1S/C43H74O27/c1-13-20(45)26(51)31(56)38(60-13)67-35-28(53)22(47)15(3)63-41(35)66-33-25(50)18(6)61-39(32(33)57)68-36-29(54)23(48)16(4)64-42(36)70-37-30(55)24(49)17(5)65-43(37)69-34-27(52)21(46)14(2)62-40(34)59-12-10-8-9-11-19(44)58-7/h13-18,20-43,45-57H,8-12H2,1-7H3/t13?,14?,15?,16?,17?,18?,20-,21-,22-,23-,24-,25-,26+,27+,28+,29+,30+,31?,32?,33+,34?,35?,36?,37?,38-,39-,40+,41-,42-,43-/m1/s1. The summed E-state index contributed by atoms with van der Waals surface area (Å²) in [4.78, 5) is 11.5. The Hall–Kier alpha value is -1.53. The molecule has 13 N–H and O–H groups in total. The van der Waals surface area contributed by atoms with Crippen molar-refractivity contribution in [2.75, 3.05) is 13.7 Å². The summed E-state index contributed by atoms with van der Waals surface area (Å²) < 4.78 is 75.8. The second-order valence-electron chi connectivity index (χ2n) is 18.9. The van der Waals surface area contributed by atoms with Gasteiger partial charge in [0.25, 0.3) is 0 Å². The largest absolute Gasteiger partial charge is 0.469 e. The molecule has 6 saturated heterocycles. The second-order valence-corrected chi connectivity index (χ2v) is 18.9. The summed E-state index contributed by atoms with van der Waals surface area (Å²) in [6.07, 6.45) is -46.3. The first-order chi connectivity index (χ1) is 33.0. The summed E-state index contributed by atoms with van der Waals surface area (Å²) in [6.45, 7) is 8.47. The Kier molecular flexibility index (Phi) is 20.5. The molecule has 70 heavy (non-hydrogen) atoms. The molecule has 12 unspecified atom stereocenters. The highest BCUT2D eigenvalue weighted by atomic mass is 16.8. The summed E-state index contributed by atoms with van der Waals surface area (Å²) in [7, 11) is 1.29. The maximum absolute atomic E-state index is 11.8. The van der Waals surface area contributed by atoms with E-state index >= 15 is 0 Å². The normalized spacial score (nSPS) is 51.5. The van der Waals surface area contributed by atoms with Gasteiger partial charge in [0.05, 0.1) is 43.7 Å². The summed E-state index contributed by atoms with van der Waals surface area (Å²) >= 11 is 0. The van der Waals surface area contributed by atoms with Crippen molar-refractivity contribution in [3.63, 3.8) is 0 Å². The van der Waals surface area contributed by atoms with Crippen LogP contribution in [0, 0.1) is 0 Å². The number of esters is 1. The van der Waals surface area contributed by atoms with Gasteiger partial charge in [0.1, 0.15) is 110 Å². The number of aliphatic hydroxyl groups is 13. The van der Waals surface area contributed by atoms with E-state index in [0.29, 0.717) is 19.3 Å². The van der Waals surface area contributed by atoms with Crippen LogP contribution in [0.4, 0.5) is 0 Å². The average Bonchev–Trinajstić information content (AvgIpc) is 3.32. The Bertz CT molecular complexity index is 1620. The van der Waals surface area contributed by atoms with Crippen molar-refractivity contribution in [2.24, 2.45) is 0 Å². The zero-order valence-electron chi connectivity index (χ0n) is 39.9. The SMILES string of the molecule is COC(=O)CCCCCO[C@H]1OC(C)[C@@H](O)[C@H](O)C1O[C@H]1OC(C)[C@@H](O)[C@H](O)C1O[C@H]1OC(C)[C@@H](O)[C@H](O)C1O[C@H]1OC(C)[C@@H](O)[C@H](O[C@H]2OC(C)[C@@H](O)[C@H](O)C2O[C@H]2OC(C)[C@@H](O)[C@H](O)C2O)C1O. The molecule has 0 radical (unpaired) electrons. The average molecular weight is 1020 g/mol. The fourth-order valence-corrected chi connectivity index (χ4v) is 9.07. The molecule has 6 heterocycles. The lowest BCUT2D eigenvalue weighted by atomic mass is 9.96. The third-order valence-electron chi connectivity index (χ3n) is 13.7. The summed E-state index contributed by atoms with van der Waals surface area (Å²) in [5.74, 6) is -0.368. The van der Waals surface area contributed by atoms with E-state index in [2.05, 4.69) is 4.74 Å². The quantitative estimate of drug-likeness (QED) is 0.0476. The van der Waals surface area contributed by atoms with Gasteiger partial charge in [-0.1, -0.05) is 6.42 Å². The molecular formula is C43H74O27. The van der Waals surface area contributed by atoms with Crippen molar-refractivity contribution in [3.8, 4) is 0 Å². The van der Waals surface area contributed by atoms with Gasteiger partial charge in [0.15, 0.2) is 37.7 Å². The molecular weight excluding hydrogens is 948 g/mol. The van der Waals surface area contributed by atoms with Gasteiger partial charge in [-0.2, -0.15) is 0 Å². The third kappa shape index (κ3) is 12.8. The Labute approximate surface area is 403 Å². The van der Waals surface area contributed by atoms with E-state index in [0.717, 1.165) is 0 Å². The first-order valence-electron chi connectivity index (χ1n) is 23.7. The van der Waals surface area contributed by atoms with Crippen LogP contribution in [0.15, 0.2) is 0 Å². The van der Waals surface area contributed by atoms with Crippen LogP contribution >= 0.6 is 0 Å². The van der Waals surface area contributed by atoms with Crippen molar-refractivity contribution in [3.05, 3.63) is 0 Å². The van der Waals surface area contributed by atoms with Crippen LogP contribution < -0.4 is 0 Å². The molecule has 6 rings (SSSR count). The molecule has 27 nitrogen and oxygen atoms in total. The van der Waals surface area contributed by atoms with Gasteiger partial charge in [0, 0.05) is 13.0 Å². The predicted molar refractivity (Wildman–Crippen MR) is 225 cm³/mol. The van der Waals surface area contributed by atoms with Crippen LogP contribution in [-0.4, -0.2) is 270 Å². The molecule has 0 aromatic heterocycles. The molecule has 0 aromatic rings. The molecule has 0 bridgehead atoms. The van der Waals surface area contributed by atoms with Gasteiger partial charge in [-0.3, -0.25) is 4.79 Å². The number of carbonyl (C=O) groups is 1. The predicted octanol–water partition coefficient (Wildman–Crippen LogP) is -6.18. The summed E-state index contributed by atoms with van der Waals surface area (Å²) in [6, 6.07) is 0. The lowest BCUT2D eigenvalue weighted by molar-refractivity contribution is -0.408. The van der Waals surface area contributed by atoms with E-state index in [9.17, 15) is 71.2 Å². The number of hydrogen-bond acceptors (Lipinski definition) is 27. The molecule has 6 aliphatic heterocycles. The Morgan fingerprint density at radius 1 is 0.343 bits per heavy atom. The molecule has 0 amide bonds. The van der Waals surface area contributed by atoms with Crippen LogP contribution in [0.25, 0.3) is 0 Å². The van der Waals surface area contributed by atoms with Crippen molar-refractivity contribution in [2.45, 2.75) is 251 Å². The van der Waals surface area contributed by atoms with Crippen LogP contribution in [0.1, 0.15) is 67.2 Å². The highest BCUT2D eigenvalue weighted by Crippen LogP contribution is 2.37.